The number of aromatic nitrogens is 3. The number of H-pyrrole nitrogens is 1. The van der Waals surface area contributed by atoms with Crippen LogP contribution in [-0.4, -0.2) is 33.0 Å². The lowest BCUT2D eigenvalue weighted by atomic mass is 10.1. The van der Waals surface area contributed by atoms with Gasteiger partial charge >= 0.3 is 5.97 Å². The minimum Gasteiger partial charge on any atom is -0.497 e. The summed E-state index contributed by atoms with van der Waals surface area (Å²) in [7, 11) is 3.51. The predicted octanol–water partition coefficient (Wildman–Crippen LogP) is 2.28. The highest BCUT2D eigenvalue weighted by Gasteiger charge is 2.18. The molecule has 0 fully saturated rings. The summed E-state index contributed by atoms with van der Waals surface area (Å²) >= 11 is 0. The van der Waals surface area contributed by atoms with Gasteiger partial charge < -0.3 is 14.4 Å². The first kappa shape index (κ1) is 12.3. The van der Waals surface area contributed by atoms with E-state index < -0.39 is 5.97 Å². The van der Waals surface area contributed by atoms with Crippen molar-refractivity contribution in [2.24, 2.45) is 7.05 Å². The van der Waals surface area contributed by atoms with Crippen molar-refractivity contribution in [2.75, 3.05) is 7.11 Å². The molecule has 0 aliphatic heterocycles. The van der Waals surface area contributed by atoms with E-state index in [-0.39, 0.29) is 5.56 Å². The molecule has 3 rings (SSSR count). The molecule has 0 aliphatic rings. The lowest BCUT2D eigenvalue weighted by molar-refractivity contribution is 0.0698. The second-order valence-electron chi connectivity index (χ2n) is 4.50. The Morgan fingerprint density at radius 2 is 2.25 bits per heavy atom. The fourth-order valence-corrected chi connectivity index (χ4v) is 2.35. The number of benzene rings is 1. The van der Waals surface area contributed by atoms with Gasteiger partial charge in [-0.05, 0) is 18.2 Å². The van der Waals surface area contributed by atoms with Gasteiger partial charge in [-0.2, -0.15) is 5.10 Å². The van der Waals surface area contributed by atoms with Crippen molar-refractivity contribution in [3.05, 3.63) is 36.2 Å². The molecule has 0 saturated heterocycles. The van der Waals surface area contributed by atoms with E-state index in [0.29, 0.717) is 5.69 Å². The molecule has 0 atom stereocenters. The Morgan fingerprint density at radius 3 is 2.95 bits per heavy atom. The largest absolute Gasteiger partial charge is 0.497 e. The Bertz CT molecular complexity index is 801. The SMILES string of the molecule is COc1ccc2c(c1)c(-c1[nH]ncc1C(=O)O)cn2C. The third-order valence-electron chi connectivity index (χ3n) is 3.34. The molecule has 2 aromatic heterocycles. The molecule has 6 nitrogen and oxygen atoms in total. The quantitative estimate of drug-likeness (QED) is 0.765. The monoisotopic (exact) mass is 271 g/mol. The highest BCUT2D eigenvalue weighted by molar-refractivity contribution is 6.02. The highest BCUT2D eigenvalue weighted by Crippen LogP contribution is 2.33. The van der Waals surface area contributed by atoms with E-state index in [4.69, 9.17) is 4.74 Å². The number of nitrogens with one attached hydrogen (secondary N) is 1. The van der Waals surface area contributed by atoms with Gasteiger partial charge in [0.2, 0.25) is 0 Å². The number of hydrogen-bond acceptors (Lipinski definition) is 3. The van der Waals surface area contributed by atoms with Crippen molar-refractivity contribution in [1.29, 1.82) is 0 Å². The predicted molar refractivity (Wildman–Crippen MR) is 74.0 cm³/mol. The molecule has 0 amide bonds. The minimum absolute atomic E-state index is 0.153. The Morgan fingerprint density at radius 1 is 1.45 bits per heavy atom. The first-order valence-electron chi connectivity index (χ1n) is 6.02. The van der Waals surface area contributed by atoms with Crippen LogP contribution in [0.15, 0.2) is 30.6 Å². The molecule has 1 aromatic carbocycles. The number of carboxylic acid groups (broad SMARTS) is 1. The van der Waals surface area contributed by atoms with Gasteiger partial charge in [0.05, 0.1) is 19.0 Å². The molecule has 0 saturated carbocycles. The van der Waals surface area contributed by atoms with Gasteiger partial charge in [-0.25, -0.2) is 4.79 Å². The van der Waals surface area contributed by atoms with Gasteiger partial charge in [0, 0.05) is 29.7 Å². The first-order valence-corrected chi connectivity index (χ1v) is 6.02. The van der Waals surface area contributed by atoms with Crippen LogP contribution in [0.4, 0.5) is 0 Å². The molecule has 0 bridgehead atoms. The number of methoxy groups -OCH3 is 1. The molecule has 2 heterocycles. The summed E-state index contributed by atoms with van der Waals surface area (Å²) in [4.78, 5) is 11.2. The molecule has 2 N–H and O–H groups in total. The number of aryl methyl sites for hydroxylation is 1. The third kappa shape index (κ3) is 1.73. The molecule has 3 aromatic rings. The normalized spacial score (nSPS) is 10.9. The Balaban J connectivity index is 2.30. The maximum atomic E-state index is 11.2. The zero-order valence-corrected chi connectivity index (χ0v) is 11.0. The Hall–Kier alpha value is -2.76. The lowest BCUT2D eigenvalue weighted by Gasteiger charge is -2.02. The lowest BCUT2D eigenvalue weighted by Crippen LogP contribution is -1.96. The van der Waals surface area contributed by atoms with Gasteiger partial charge in [-0.15, -0.1) is 0 Å². The number of aromatic carboxylic acids is 1. The molecule has 0 unspecified atom stereocenters. The Kier molecular flexibility index (Phi) is 2.71. The van der Waals surface area contributed by atoms with Gasteiger partial charge in [-0.3, -0.25) is 5.10 Å². The summed E-state index contributed by atoms with van der Waals surface area (Å²) in [6.07, 6.45) is 3.20. The number of aromatic amines is 1. The van der Waals surface area contributed by atoms with Crippen LogP contribution >= 0.6 is 0 Å². The van der Waals surface area contributed by atoms with Crippen molar-refractivity contribution in [3.8, 4) is 17.0 Å². The molecule has 0 aliphatic carbocycles. The van der Waals surface area contributed by atoms with Crippen LogP contribution in [0.1, 0.15) is 10.4 Å². The number of fused-ring (bicyclic) bond motifs is 1. The van der Waals surface area contributed by atoms with Crippen molar-refractivity contribution >= 4 is 16.9 Å². The number of carbonyl (C=O) groups is 1. The van der Waals surface area contributed by atoms with E-state index >= 15 is 0 Å². The fourth-order valence-electron chi connectivity index (χ4n) is 2.35. The maximum Gasteiger partial charge on any atom is 0.339 e. The van der Waals surface area contributed by atoms with E-state index in [1.165, 1.54) is 6.20 Å². The average molecular weight is 271 g/mol. The summed E-state index contributed by atoms with van der Waals surface area (Å²) in [6, 6.07) is 5.70. The van der Waals surface area contributed by atoms with Gasteiger partial charge in [0.1, 0.15) is 11.3 Å². The van der Waals surface area contributed by atoms with Crippen LogP contribution in [0.3, 0.4) is 0 Å². The van der Waals surface area contributed by atoms with Crippen molar-refractivity contribution in [3.63, 3.8) is 0 Å². The van der Waals surface area contributed by atoms with Gasteiger partial charge in [-0.1, -0.05) is 0 Å². The number of carboxylic acids is 1. The van der Waals surface area contributed by atoms with Crippen LogP contribution < -0.4 is 4.74 Å². The molecule has 0 radical (unpaired) electrons. The fraction of sp³-hybridized carbons (Fsp3) is 0.143. The van der Waals surface area contributed by atoms with Crippen LogP contribution in [0, 0.1) is 0 Å². The molecule has 20 heavy (non-hydrogen) atoms. The van der Waals surface area contributed by atoms with E-state index in [1.54, 1.807) is 7.11 Å². The number of ether oxygens (including phenoxy) is 1. The van der Waals surface area contributed by atoms with Crippen molar-refractivity contribution in [1.82, 2.24) is 14.8 Å². The second kappa shape index (κ2) is 4.41. The average Bonchev–Trinajstić information content (AvgIpc) is 3.03. The minimum atomic E-state index is -1.01. The third-order valence-corrected chi connectivity index (χ3v) is 3.34. The van der Waals surface area contributed by atoms with Gasteiger partial charge in [0.25, 0.3) is 0 Å². The van der Waals surface area contributed by atoms with Crippen molar-refractivity contribution < 1.29 is 14.6 Å². The summed E-state index contributed by atoms with van der Waals surface area (Å²) in [5.74, 6) is -0.282. The van der Waals surface area contributed by atoms with Crippen molar-refractivity contribution in [2.45, 2.75) is 0 Å². The standard InChI is InChI=1S/C14H13N3O3/c1-17-7-11(13-10(14(18)19)6-15-16-13)9-5-8(20-2)3-4-12(9)17/h3-7H,1-2H3,(H,15,16)(H,18,19). The molecule has 102 valence electrons. The van der Waals surface area contributed by atoms with Crippen LogP contribution in [0.5, 0.6) is 5.75 Å². The smallest absolute Gasteiger partial charge is 0.339 e. The zero-order chi connectivity index (χ0) is 14.3. The van der Waals surface area contributed by atoms with Crippen LogP contribution in [0.2, 0.25) is 0 Å². The van der Waals surface area contributed by atoms with E-state index in [2.05, 4.69) is 10.2 Å². The first-order chi connectivity index (χ1) is 9.61. The van der Waals surface area contributed by atoms with Crippen LogP contribution in [-0.2, 0) is 7.05 Å². The summed E-state index contributed by atoms with van der Waals surface area (Å²) in [5, 5.41) is 16.7. The molecule has 0 spiro atoms. The molecule has 6 heteroatoms. The topological polar surface area (TPSA) is 80.1 Å². The number of rotatable bonds is 3. The van der Waals surface area contributed by atoms with E-state index in [0.717, 1.165) is 22.2 Å². The number of nitrogens with zero attached hydrogens (tertiary/aromatic N) is 2. The summed E-state index contributed by atoms with van der Waals surface area (Å²) in [6.45, 7) is 0. The van der Waals surface area contributed by atoms with Crippen LogP contribution in [0.25, 0.3) is 22.2 Å². The Labute approximate surface area is 114 Å². The zero-order valence-electron chi connectivity index (χ0n) is 11.0. The second-order valence-corrected chi connectivity index (χ2v) is 4.50. The number of hydrogen-bond donors (Lipinski definition) is 2. The van der Waals surface area contributed by atoms with E-state index in [9.17, 15) is 9.90 Å². The van der Waals surface area contributed by atoms with Gasteiger partial charge in [0.15, 0.2) is 0 Å². The summed E-state index contributed by atoms with van der Waals surface area (Å²) < 4.78 is 7.17. The summed E-state index contributed by atoms with van der Waals surface area (Å²) in [5.41, 5.74) is 2.43. The molecular weight excluding hydrogens is 258 g/mol. The highest BCUT2D eigenvalue weighted by atomic mass is 16.5. The molecular formula is C14H13N3O3. The van der Waals surface area contributed by atoms with E-state index in [1.807, 2.05) is 36.0 Å². The maximum absolute atomic E-state index is 11.2.